The van der Waals surface area contributed by atoms with Crippen LogP contribution in [-0.4, -0.2) is 0 Å². The fraction of sp³-hybridized carbons (Fsp3) is 0.556. The molecule has 0 aliphatic heterocycles. The number of hydrogen-bond donors (Lipinski definition) is 0. The van der Waals surface area contributed by atoms with Gasteiger partial charge in [0.1, 0.15) is 0 Å². The van der Waals surface area contributed by atoms with E-state index in [1.807, 2.05) is 6.07 Å². The minimum atomic E-state index is 0.913. The van der Waals surface area contributed by atoms with Gasteiger partial charge in [0.2, 0.25) is 0 Å². The molecular weight excluding hydrogens is 176 g/mol. The molecule has 0 bridgehead atoms. The summed E-state index contributed by atoms with van der Waals surface area (Å²) in [6.45, 7) is 2.22. The summed E-state index contributed by atoms with van der Waals surface area (Å²) >= 11 is 7.50. The van der Waals surface area contributed by atoms with Crippen LogP contribution in [0.2, 0.25) is 4.34 Å². The first-order chi connectivity index (χ1) is 5.33. The number of aryl methyl sites for hydroxylation is 1. The van der Waals surface area contributed by atoms with Crippen molar-refractivity contribution in [2.45, 2.75) is 32.6 Å². The van der Waals surface area contributed by atoms with Gasteiger partial charge in [-0.15, -0.1) is 11.3 Å². The summed E-state index contributed by atoms with van der Waals surface area (Å²) in [5, 5.41) is 0. The third-order valence-corrected chi connectivity index (χ3v) is 2.95. The van der Waals surface area contributed by atoms with E-state index in [1.54, 1.807) is 11.3 Å². The summed E-state index contributed by atoms with van der Waals surface area (Å²) in [5.74, 6) is 0. The maximum absolute atomic E-state index is 5.79. The monoisotopic (exact) mass is 188 g/mol. The Hall–Kier alpha value is -0.0100. The minimum Gasteiger partial charge on any atom is -0.128 e. The average molecular weight is 189 g/mol. The van der Waals surface area contributed by atoms with Crippen molar-refractivity contribution in [3.63, 3.8) is 0 Å². The summed E-state index contributed by atoms with van der Waals surface area (Å²) in [6, 6.07) is 4.11. The molecule has 0 radical (unpaired) electrons. The molecule has 0 nitrogen and oxygen atoms in total. The predicted molar refractivity (Wildman–Crippen MR) is 52.6 cm³/mol. The van der Waals surface area contributed by atoms with Crippen molar-refractivity contribution in [2.24, 2.45) is 0 Å². The second kappa shape index (κ2) is 4.78. The van der Waals surface area contributed by atoms with Crippen molar-refractivity contribution in [1.29, 1.82) is 0 Å². The zero-order valence-electron chi connectivity index (χ0n) is 6.77. The van der Waals surface area contributed by atoms with Crippen LogP contribution in [0, 0.1) is 0 Å². The minimum absolute atomic E-state index is 0.913. The van der Waals surface area contributed by atoms with E-state index in [9.17, 15) is 0 Å². The molecule has 1 rings (SSSR count). The molecule has 2 heteroatoms. The van der Waals surface area contributed by atoms with Crippen molar-refractivity contribution < 1.29 is 0 Å². The van der Waals surface area contributed by atoms with Crippen molar-refractivity contribution in [2.75, 3.05) is 0 Å². The van der Waals surface area contributed by atoms with Gasteiger partial charge in [-0.2, -0.15) is 0 Å². The molecule has 0 amide bonds. The van der Waals surface area contributed by atoms with Crippen molar-refractivity contribution >= 4 is 22.9 Å². The van der Waals surface area contributed by atoms with Crippen LogP contribution < -0.4 is 0 Å². The van der Waals surface area contributed by atoms with Crippen molar-refractivity contribution in [3.8, 4) is 0 Å². The third-order valence-electron chi connectivity index (χ3n) is 1.66. The molecule has 0 unspecified atom stereocenters. The molecule has 0 fully saturated rings. The molecular formula is C9H13ClS. The number of unbranched alkanes of at least 4 members (excludes halogenated alkanes) is 2. The summed E-state index contributed by atoms with van der Waals surface area (Å²) in [5.41, 5.74) is 0. The molecule has 1 heterocycles. The molecule has 0 saturated carbocycles. The van der Waals surface area contributed by atoms with E-state index in [0.29, 0.717) is 0 Å². The van der Waals surface area contributed by atoms with Crippen LogP contribution in [0.1, 0.15) is 31.1 Å². The van der Waals surface area contributed by atoms with Gasteiger partial charge in [-0.1, -0.05) is 31.4 Å². The summed E-state index contributed by atoms with van der Waals surface area (Å²) in [6.07, 6.45) is 5.12. The van der Waals surface area contributed by atoms with Crippen molar-refractivity contribution in [1.82, 2.24) is 0 Å². The number of halogens is 1. The molecule has 11 heavy (non-hydrogen) atoms. The van der Waals surface area contributed by atoms with E-state index < -0.39 is 0 Å². The largest absolute Gasteiger partial charge is 0.128 e. The summed E-state index contributed by atoms with van der Waals surface area (Å²) in [7, 11) is 0. The molecule has 0 aromatic carbocycles. The molecule has 1 aromatic rings. The van der Waals surface area contributed by atoms with Gasteiger partial charge in [0.05, 0.1) is 4.34 Å². The number of hydrogen-bond acceptors (Lipinski definition) is 1. The molecule has 0 aliphatic rings. The number of rotatable bonds is 4. The lowest BCUT2D eigenvalue weighted by atomic mass is 10.2. The highest BCUT2D eigenvalue weighted by Gasteiger charge is 1.96. The fourth-order valence-electron chi connectivity index (χ4n) is 1.04. The second-order valence-electron chi connectivity index (χ2n) is 2.66. The fourth-order valence-corrected chi connectivity index (χ4v) is 2.16. The van der Waals surface area contributed by atoms with Gasteiger partial charge in [0.15, 0.2) is 0 Å². The number of thiophene rings is 1. The Morgan fingerprint density at radius 1 is 1.36 bits per heavy atom. The van der Waals surface area contributed by atoms with Gasteiger partial charge in [-0.05, 0) is 25.0 Å². The van der Waals surface area contributed by atoms with Crippen LogP contribution in [0.25, 0.3) is 0 Å². The Labute approximate surface area is 77.2 Å². The normalized spacial score (nSPS) is 10.4. The van der Waals surface area contributed by atoms with Crippen LogP contribution in [0.4, 0.5) is 0 Å². The summed E-state index contributed by atoms with van der Waals surface area (Å²) in [4.78, 5) is 1.42. The smallest absolute Gasteiger partial charge is 0.0931 e. The van der Waals surface area contributed by atoms with Gasteiger partial charge in [0.25, 0.3) is 0 Å². The van der Waals surface area contributed by atoms with Gasteiger partial charge in [-0.3, -0.25) is 0 Å². The van der Waals surface area contributed by atoms with E-state index in [1.165, 1.54) is 30.6 Å². The van der Waals surface area contributed by atoms with E-state index in [4.69, 9.17) is 11.6 Å². The zero-order chi connectivity index (χ0) is 8.10. The quantitative estimate of drug-likeness (QED) is 0.624. The first-order valence-electron chi connectivity index (χ1n) is 4.07. The molecule has 0 N–H and O–H groups in total. The highest BCUT2D eigenvalue weighted by molar-refractivity contribution is 7.16. The van der Waals surface area contributed by atoms with Crippen LogP contribution in [0.5, 0.6) is 0 Å². The Morgan fingerprint density at radius 3 is 2.73 bits per heavy atom. The SMILES string of the molecule is CCCCCc1ccc(Cl)s1. The lowest BCUT2D eigenvalue weighted by Crippen LogP contribution is -1.78. The second-order valence-corrected chi connectivity index (χ2v) is 4.46. The first kappa shape index (κ1) is 9.08. The Morgan fingerprint density at radius 2 is 2.18 bits per heavy atom. The molecule has 0 atom stereocenters. The Kier molecular flexibility index (Phi) is 3.95. The maximum Gasteiger partial charge on any atom is 0.0931 e. The van der Waals surface area contributed by atoms with Crippen LogP contribution in [0.15, 0.2) is 12.1 Å². The molecule has 62 valence electrons. The molecule has 0 aliphatic carbocycles. The Balaban J connectivity index is 2.27. The first-order valence-corrected chi connectivity index (χ1v) is 5.26. The van der Waals surface area contributed by atoms with E-state index in [-0.39, 0.29) is 0 Å². The van der Waals surface area contributed by atoms with E-state index in [0.717, 1.165) is 4.34 Å². The Bertz CT molecular complexity index is 205. The highest BCUT2D eigenvalue weighted by Crippen LogP contribution is 2.22. The van der Waals surface area contributed by atoms with E-state index in [2.05, 4.69) is 13.0 Å². The average Bonchev–Trinajstić information content (AvgIpc) is 2.37. The maximum atomic E-state index is 5.79. The lowest BCUT2D eigenvalue weighted by molar-refractivity contribution is 0.722. The molecule has 1 aromatic heterocycles. The van der Waals surface area contributed by atoms with Gasteiger partial charge in [-0.25, -0.2) is 0 Å². The standard InChI is InChI=1S/C9H13ClS/c1-2-3-4-5-8-6-7-9(10)11-8/h6-7H,2-5H2,1H3. The molecule has 0 saturated heterocycles. The zero-order valence-corrected chi connectivity index (χ0v) is 8.34. The summed E-state index contributed by atoms with van der Waals surface area (Å²) < 4.78 is 0.913. The predicted octanol–water partition coefficient (Wildman–Crippen LogP) is 4.13. The van der Waals surface area contributed by atoms with Crippen LogP contribution in [-0.2, 0) is 6.42 Å². The van der Waals surface area contributed by atoms with Gasteiger partial charge < -0.3 is 0 Å². The van der Waals surface area contributed by atoms with Gasteiger partial charge >= 0.3 is 0 Å². The topological polar surface area (TPSA) is 0 Å². The van der Waals surface area contributed by atoms with E-state index >= 15 is 0 Å². The highest BCUT2D eigenvalue weighted by atomic mass is 35.5. The van der Waals surface area contributed by atoms with Crippen LogP contribution in [0.3, 0.4) is 0 Å². The lowest BCUT2D eigenvalue weighted by Gasteiger charge is -1.93. The van der Waals surface area contributed by atoms with Crippen LogP contribution >= 0.6 is 22.9 Å². The molecule has 0 spiro atoms. The van der Waals surface area contributed by atoms with Crippen molar-refractivity contribution in [3.05, 3.63) is 21.3 Å². The third kappa shape index (κ3) is 3.26. The van der Waals surface area contributed by atoms with Gasteiger partial charge in [0, 0.05) is 4.88 Å².